The van der Waals surface area contributed by atoms with Gasteiger partial charge >= 0.3 is 0 Å². The number of nitrogens with one attached hydrogen (secondary N) is 1. The van der Waals surface area contributed by atoms with Gasteiger partial charge < -0.3 is 10.4 Å². The highest BCUT2D eigenvalue weighted by molar-refractivity contribution is 5.88. The summed E-state index contributed by atoms with van der Waals surface area (Å²) in [6.45, 7) is 1.88. The van der Waals surface area contributed by atoms with Crippen LogP contribution in [0.4, 0.5) is 10.2 Å². The lowest BCUT2D eigenvalue weighted by molar-refractivity contribution is 0.158. The number of halogens is 1. The van der Waals surface area contributed by atoms with Gasteiger partial charge in [0.05, 0.1) is 17.7 Å². The van der Waals surface area contributed by atoms with Gasteiger partial charge in [-0.1, -0.05) is 30.3 Å². The SMILES string of the molecule is CC(Nc1ncnc2ccc(F)cc12)C(O)Cc1ccccc1. The van der Waals surface area contributed by atoms with E-state index in [9.17, 15) is 9.50 Å². The van der Waals surface area contributed by atoms with Gasteiger partial charge in [0.15, 0.2) is 0 Å². The van der Waals surface area contributed by atoms with Crippen molar-refractivity contribution in [2.75, 3.05) is 5.32 Å². The van der Waals surface area contributed by atoms with Crippen LogP contribution < -0.4 is 5.32 Å². The summed E-state index contributed by atoms with van der Waals surface area (Å²) in [5.74, 6) is 0.182. The molecule has 0 aliphatic heterocycles. The van der Waals surface area contributed by atoms with E-state index in [0.29, 0.717) is 23.1 Å². The molecule has 2 unspecified atom stereocenters. The molecule has 1 aromatic heterocycles. The van der Waals surface area contributed by atoms with E-state index in [0.717, 1.165) is 5.56 Å². The Morgan fingerprint density at radius 3 is 2.70 bits per heavy atom. The molecule has 2 N–H and O–H groups in total. The lowest BCUT2D eigenvalue weighted by Crippen LogP contribution is -2.32. The van der Waals surface area contributed by atoms with E-state index < -0.39 is 6.10 Å². The summed E-state index contributed by atoms with van der Waals surface area (Å²) in [5, 5.41) is 14.1. The summed E-state index contributed by atoms with van der Waals surface area (Å²) in [6, 6.07) is 13.9. The van der Waals surface area contributed by atoms with Crippen LogP contribution in [0, 0.1) is 5.82 Å². The highest BCUT2D eigenvalue weighted by atomic mass is 19.1. The fourth-order valence-electron chi connectivity index (χ4n) is 2.49. The first-order valence-electron chi connectivity index (χ1n) is 7.52. The normalized spacial score (nSPS) is 13.7. The van der Waals surface area contributed by atoms with Crippen molar-refractivity contribution in [3.63, 3.8) is 0 Å². The van der Waals surface area contributed by atoms with Crippen molar-refractivity contribution in [1.82, 2.24) is 9.97 Å². The zero-order chi connectivity index (χ0) is 16.2. The van der Waals surface area contributed by atoms with E-state index in [1.807, 2.05) is 37.3 Å². The van der Waals surface area contributed by atoms with E-state index in [1.165, 1.54) is 18.5 Å². The first-order valence-corrected chi connectivity index (χ1v) is 7.52. The van der Waals surface area contributed by atoms with E-state index >= 15 is 0 Å². The number of rotatable bonds is 5. The average Bonchev–Trinajstić information content (AvgIpc) is 2.56. The van der Waals surface area contributed by atoms with E-state index in [2.05, 4.69) is 15.3 Å². The highest BCUT2D eigenvalue weighted by Crippen LogP contribution is 2.21. The van der Waals surface area contributed by atoms with Gasteiger partial charge in [-0.15, -0.1) is 0 Å². The van der Waals surface area contributed by atoms with E-state index in [4.69, 9.17) is 0 Å². The Morgan fingerprint density at radius 2 is 1.91 bits per heavy atom. The molecule has 0 bridgehead atoms. The molecular weight excluding hydrogens is 293 g/mol. The van der Waals surface area contributed by atoms with Crippen molar-refractivity contribution in [1.29, 1.82) is 0 Å². The van der Waals surface area contributed by atoms with Crippen LogP contribution in [0.15, 0.2) is 54.9 Å². The smallest absolute Gasteiger partial charge is 0.137 e. The first-order chi connectivity index (χ1) is 11.1. The quantitative estimate of drug-likeness (QED) is 0.760. The second kappa shape index (κ2) is 6.71. The minimum Gasteiger partial charge on any atom is -0.391 e. The molecule has 4 nitrogen and oxygen atoms in total. The van der Waals surface area contributed by atoms with Crippen molar-refractivity contribution < 1.29 is 9.50 Å². The van der Waals surface area contributed by atoms with Gasteiger partial charge in [0, 0.05) is 11.8 Å². The van der Waals surface area contributed by atoms with Crippen LogP contribution in [0.2, 0.25) is 0 Å². The molecule has 2 aromatic carbocycles. The van der Waals surface area contributed by atoms with Crippen molar-refractivity contribution in [3.8, 4) is 0 Å². The number of fused-ring (bicyclic) bond motifs is 1. The van der Waals surface area contributed by atoms with E-state index in [-0.39, 0.29) is 11.9 Å². The second-order valence-electron chi connectivity index (χ2n) is 5.57. The van der Waals surface area contributed by atoms with Crippen molar-refractivity contribution in [2.24, 2.45) is 0 Å². The number of aromatic nitrogens is 2. The predicted octanol–water partition coefficient (Wildman–Crippen LogP) is 3.17. The molecule has 1 heterocycles. The molecular formula is C18H18FN3O. The van der Waals surface area contributed by atoms with Gasteiger partial charge in [-0.2, -0.15) is 0 Å². The van der Waals surface area contributed by atoms with Crippen LogP contribution in [-0.4, -0.2) is 27.2 Å². The van der Waals surface area contributed by atoms with Crippen LogP contribution in [-0.2, 0) is 6.42 Å². The number of hydrogen-bond donors (Lipinski definition) is 2. The molecule has 0 aliphatic carbocycles. The minimum absolute atomic E-state index is 0.239. The number of hydrogen-bond acceptors (Lipinski definition) is 4. The maximum atomic E-state index is 13.5. The summed E-state index contributed by atoms with van der Waals surface area (Å²) in [6.07, 6.45) is 1.38. The molecule has 0 fully saturated rings. The maximum Gasteiger partial charge on any atom is 0.137 e. The summed E-state index contributed by atoms with van der Waals surface area (Å²) in [5.41, 5.74) is 1.72. The summed E-state index contributed by atoms with van der Waals surface area (Å²) in [4.78, 5) is 8.30. The number of benzene rings is 2. The van der Waals surface area contributed by atoms with Gasteiger partial charge in [-0.05, 0) is 30.7 Å². The van der Waals surface area contributed by atoms with Gasteiger partial charge in [-0.25, -0.2) is 14.4 Å². The molecule has 3 rings (SSSR count). The van der Waals surface area contributed by atoms with Crippen molar-refractivity contribution in [3.05, 3.63) is 66.2 Å². The third-order valence-electron chi connectivity index (χ3n) is 3.83. The average molecular weight is 311 g/mol. The Morgan fingerprint density at radius 1 is 1.13 bits per heavy atom. The third-order valence-corrected chi connectivity index (χ3v) is 3.83. The van der Waals surface area contributed by atoms with Crippen LogP contribution in [0.3, 0.4) is 0 Å². The van der Waals surface area contributed by atoms with E-state index in [1.54, 1.807) is 6.07 Å². The molecule has 118 valence electrons. The summed E-state index contributed by atoms with van der Waals surface area (Å²) < 4.78 is 13.5. The molecule has 2 atom stereocenters. The topological polar surface area (TPSA) is 58.0 Å². The summed E-state index contributed by atoms with van der Waals surface area (Å²) in [7, 11) is 0. The van der Waals surface area contributed by atoms with Crippen molar-refractivity contribution >= 4 is 16.7 Å². The Balaban J connectivity index is 1.77. The minimum atomic E-state index is -0.587. The Bertz CT molecular complexity index is 795. The molecule has 0 saturated heterocycles. The monoisotopic (exact) mass is 311 g/mol. The Kier molecular flexibility index (Phi) is 4.48. The fraction of sp³-hybridized carbons (Fsp3) is 0.222. The van der Waals surface area contributed by atoms with Gasteiger partial charge in [0.25, 0.3) is 0 Å². The zero-order valence-electron chi connectivity index (χ0n) is 12.8. The number of aliphatic hydroxyl groups is 1. The lowest BCUT2D eigenvalue weighted by atomic mass is 10.0. The van der Waals surface area contributed by atoms with Crippen LogP contribution in [0.25, 0.3) is 10.9 Å². The molecule has 0 aliphatic rings. The lowest BCUT2D eigenvalue weighted by Gasteiger charge is -2.21. The van der Waals surface area contributed by atoms with Gasteiger partial charge in [0.1, 0.15) is 18.0 Å². The van der Waals surface area contributed by atoms with Crippen LogP contribution >= 0.6 is 0 Å². The van der Waals surface area contributed by atoms with Crippen molar-refractivity contribution in [2.45, 2.75) is 25.5 Å². The number of aliphatic hydroxyl groups excluding tert-OH is 1. The largest absolute Gasteiger partial charge is 0.391 e. The third kappa shape index (κ3) is 3.63. The summed E-state index contributed by atoms with van der Waals surface area (Å²) >= 11 is 0. The van der Waals surface area contributed by atoms with Crippen LogP contribution in [0.5, 0.6) is 0 Å². The van der Waals surface area contributed by atoms with Crippen LogP contribution in [0.1, 0.15) is 12.5 Å². The molecule has 23 heavy (non-hydrogen) atoms. The molecule has 0 radical (unpaired) electrons. The fourth-order valence-corrected chi connectivity index (χ4v) is 2.49. The molecule has 5 heteroatoms. The second-order valence-corrected chi connectivity index (χ2v) is 5.57. The van der Waals surface area contributed by atoms with Gasteiger partial charge in [-0.3, -0.25) is 0 Å². The number of anilines is 1. The molecule has 3 aromatic rings. The maximum absolute atomic E-state index is 13.5. The standard InChI is InChI=1S/C18H18FN3O/c1-12(17(23)9-13-5-3-2-4-6-13)22-18-15-10-14(19)7-8-16(15)20-11-21-18/h2-8,10-12,17,23H,9H2,1H3,(H,20,21,22). The predicted molar refractivity (Wildman–Crippen MR) is 88.7 cm³/mol. The molecule has 0 spiro atoms. The Labute approximate surface area is 134 Å². The number of nitrogens with zero attached hydrogens (tertiary/aromatic N) is 2. The first kappa shape index (κ1) is 15.4. The highest BCUT2D eigenvalue weighted by Gasteiger charge is 2.16. The molecule has 0 saturated carbocycles. The Hall–Kier alpha value is -2.53. The zero-order valence-corrected chi connectivity index (χ0v) is 12.8. The van der Waals surface area contributed by atoms with Gasteiger partial charge in [0.2, 0.25) is 0 Å². The molecule has 0 amide bonds.